The van der Waals surface area contributed by atoms with E-state index in [2.05, 4.69) is 16.5 Å². The average molecular weight is 459 g/mol. The molecule has 0 saturated carbocycles. The monoisotopic (exact) mass is 458 g/mol. The molecular formula is C27H30N4O3. The number of hydrogen-bond acceptors (Lipinski definition) is 4. The second-order valence-corrected chi connectivity index (χ2v) is 9.31. The van der Waals surface area contributed by atoms with Gasteiger partial charge in [-0.2, -0.15) is 5.10 Å². The number of furan rings is 1. The lowest BCUT2D eigenvalue weighted by Crippen LogP contribution is -2.64. The first-order chi connectivity index (χ1) is 16.5. The maximum Gasteiger partial charge on any atom is 0.273 e. The van der Waals surface area contributed by atoms with Gasteiger partial charge in [0.2, 0.25) is 5.91 Å². The third-order valence-corrected chi connectivity index (χ3v) is 6.90. The van der Waals surface area contributed by atoms with E-state index in [0.717, 1.165) is 24.8 Å². The van der Waals surface area contributed by atoms with Crippen molar-refractivity contribution in [3.8, 4) is 11.5 Å². The highest BCUT2D eigenvalue weighted by Crippen LogP contribution is 2.31. The van der Waals surface area contributed by atoms with Crippen molar-refractivity contribution in [2.45, 2.75) is 57.7 Å². The first-order valence-electron chi connectivity index (χ1n) is 12.0. The van der Waals surface area contributed by atoms with Crippen LogP contribution in [0.3, 0.4) is 0 Å². The zero-order valence-electron chi connectivity index (χ0n) is 19.5. The fourth-order valence-electron chi connectivity index (χ4n) is 4.89. The zero-order chi connectivity index (χ0) is 23.5. The van der Waals surface area contributed by atoms with Gasteiger partial charge in [-0.1, -0.05) is 42.0 Å². The zero-order valence-corrected chi connectivity index (χ0v) is 19.5. The highest BCUT2D eigenvalue weighted by molar-refractivity contribution is 6.00. The third kappa shape index (κ3) is 4.30. The first-order valence-corrected chi connectivity index (χ1v) is 12.0. The molecule has 2 aromatic heterocycles. The van der Waals surface area contributed by atoms with Gasteiger partial charge in [-0.15, -0.1) is 0 Å². The lowest BCUT2D eigenvalue weighted by Gasteiger charge is -2.43. The minimum atomic E-state index is -1.06. The molecule has 2 aliphatic rings. The number of amides is 2. The molecule has 3 aromatic rings. The normalized spacial score (nSPS) is 20.1. The lowest BCUT2D eigenvalue weighted by molar-refractivity contribution is -0.133. The van der Waals surface area contributed by atoms with E-state index in [1.165, 1.54) is 18.4 Å². The van der Waals surface area contributed by atoms with Crippen LogP contribution in [0.4, 0.5) is 0 Å². The maximum absolute atomic E-state index is 13.7. The van der Waals surface area contributed by atoms with Crippen LogP contribution in [0, 0.1) is 0 Å². The standard InChI is InChI=1S/C27H30N4O3/c1-27(26(33)28-18-21-11-6-3-7-12-21)19-31-23(17-22(29-31)24-13-8-16-34-24)25(32)30(27)15-14-20-9-4-2-5-10-20/h3,6-9,11-13,16-17H,2,4-5,10,14-15,18-19H2,1H3,(H,28,33)/t27-/m1/s1. The smallest absolute Gasteiger partial charge is 0.273 e. The number of carbonyl (C=O) groups is 2. The molecule has 34 heavy (non-hydrogen) atoms. The molecule has 1 aliphatic heterocycles. The molecule has 0 fully saturated rings. The van der Waals surface area contributed by atoms with Crippen LogP contribution in [0.1, 0.15) is 55.1 Å². The van der Waals surface area contributed by atoms with E-state index in [1.54, 1.807) is 28.0 Å². The van der Waals surface area contributed by atoms with Gasteiger partial charge in [0.25, 0.3) is 5.91 Å². The molecule has 0 bridgehead atoms. The van der Waals surface area contributed by atoms with Gasteiger partial charge in [-0.25, -0.2) is 0 Å². The van der Waals surface area contributed by atoms with Crippen molar-refractivity contribution in [2.24, 2.45) is 0 Å². The van der Waals surface area contributed by atoms with Crippen molar-refractivity contribution in [1.29, 1.82) is 0 Å². The number of fused-ring (bicyclic) bond motifs is 1. The molecule has 3 heterocycles. The third-order valence-electron chi connectivity index (χ3n) is 6.90. The predicted octanol–water partition coefficient (Wildman–Crippen LogP) is 4.56. The summed E-state index contributed by atoms with van der Waals surface area (Å²) in [4.78, 5) is 29.0. The van der Waals surface area contributed by atoms with Crippen molar-refractivity contribution < 1.29 is 14.0 Å². The number of hydrogen-bond donors (Lipinski definition) is 1. The van der Waals surface area contributed by atoms with Gasteiger partial charge in [0.15, 0.2) is 5.76 Å². The fraction of sp³-hybridized carbons (Fsp3) is 0.370. The summed E-state index contributed by atoms with van der Waals surface area (Å²) in [5.41, 5.74) is 2.41. The van der Waals surface area contributed by atoms with Gasteiger partial charge >= 0.3 is 0 Å². The number of carbonyl (C=O) groups excluding carboxylic acids is 2. The molecule has 1 aliphatic carbocycles. The van der Waals surface area contributed by atoms with Crippen molar-refractivity contribution in [1.82, 2.24) is 20.0 Å². The summed E-state index contributed by atoms with van der Waals surface area (Å²) in [6.07, 6.45) is 9.24. The first kappa shape index (κ1) is 22.2. The van der Waals surface area contributed by atoms with Crippen molar-refractivity contribution in [3.05, 3.63) is 77.7 Å². The fourth-order valence-corrected chi connectivity index (χ4v) is 4.89. The van der Waals surface area contributed by atoms with E-state index < -0.39 is 5.54 Å². The van der Waals surface area contributed by atoms with Gasteiger partial charge < -0.3 is 14.6 Å². The Labute approximate surface area is 199 Å². The van der Waals surface area contributed by atoms with Crippen LogP contribution >= 0.6 is 0 Å². The Balaban J connectivity index is 1.43. The summed E-state index contributed by atoms with van der Waals surface area (Å²) in [5.74, 6) is 0.247. The largest absolute Gasteiger partial charge is 0.463 e. The molecule has 7 heteroatoms. The molecule has 0 unspecified atom stereocenters. The van der Waals surface area contributed by atoms with E-state index in [0.29, 0.717) is 30.2 Å². The van der Waals surface area contributed by atoms with E-state index in [-0.39, 0.29) is 18.4 Å². The highest BCUT2D eigenvalue weighted by Gasteiger charge is 2.47. The van der Waals surface area contributed by atoms with Gasteiger partial charge in [0.05, 0.1) is 12.8 Å². The highest BCUT2D eigenvalue weighted by atomic mass is 16.3. The summed E-state index contributed by atoms with van der Waals surface area (Å²) in [7, 11) is 0. The molecule has 0 saturated heterocycles. The van der Waals surface area contributed by atoms with Crippen molar-refractivity contribution >= 4 is 11.8 Å². The summed E-state index contributed by atoms with van der Waals surface area (Å²) >= 11 is 0. The van der Waals surface area contributed by atoms with Crippen LogP contribution in [0.2, 0.25) is 0 Å². The second-order valence-electron chi connectivity index (χ2n) is 9.31. The minimum Gasteiger partial charge on any atom is -0.463 e. The molecular weight excluding hydrogens is 428 g/mol. The van der Waals surface area contributed by atoms with E-state index in [9.17, 15) is 9.59 Å². The minimum absolute atomic E-state index is 0.176. The molecule has 5 rings (SSSR count). The van der Waals surface area contributed by atoms with Crippen molar-refractivity contribution in [2.75, 3.05) is 6.54 Å². The summed E-state index contributed by atoms with van der Waals surface area (Å²) in [6.45, 7) is 3.04. The van der Waals surface area contributed by atoms with Gasteiger partial charge in [-0.05, 0) is 56.7 Å². The van der Waals surface area contributed by atoms with Gasteiger partial charge in [-0.3, -0.25) is 14.3 Å². The van der Waals surface area contributed by atoms with E-state index in [1.807, 2.05) is 43.3 Å². The maximum atomic E-state index is 13.7. The van der Waals surface area contributed by atoms with Crippen LogP contribution in [-0.4, -0.2) is 38.6 Å². The Bertz CT molecular complexity index is 1200. The molecule has 7 nitrogen and oxygen atoms in total. The Hall–Kier alpha value is -3.61. The Morgan fingerprint density at radius 1 is 1.18 bits per heavy atom. The van der Waals surface area contributed by atoms with Crippen LogP contribution in [-0.2, 0) is 17.9 Å². The second kappa shape index (κ2) is 9.33. The molecule has 2 amide bonds. The molecule has 1 atom stereocenters. The Morgan fingerprint density at radius 3 is 2.76 bits per heavy atom. The summed E-state index contributed by atoms with van der Waals surface area (Å²) < 4.78 is 7.14. The molecule has 1 N–H and O–H groups in total. The van der Waals surface area contributed by atoms with Crippen molar-refractivity contribution in [3.63, 3.8) is 0 Å². The molecule has 0 spiro atoms. The topological polar surface area (TPSA) is 80.4 Å². The van der Waals surface area contributed by atoms with Crippen LogP contribution in [0.5, 0.6) is 0 Å². The number of nitrogens with one attached hydrogen (secondary N) is 1. The van der Waals surface area contributed by atoms with Crippen LogP contribution in [0.25, 0.3) is 11.5 Å². The average Bonchev–Trinajstić information content (AvgIpc) is 3.54. The van der Waals surface area contributed by atoms with E-state index in [4.69, 9.17) is 4.42 Å². The summed E-state index contributed by atoms with van der Waals surface area (Å²) in [6, 6.07) is 15.2. The predicted molar refractivity (Wildman–Crippen MR) is 129 cm³/mol. The Kier molecular flexibility index (Phi) is 6.09. The number of benzene rings is 1. The van der Waals surface area contributed by atoms with Crippen LogP contribution < -0.4 is 5.32 Å². The van der Waals surface area contributed by atoms with Crippen LogP contribution in [0.15, 0.2) is 70.9 Å². The Morgan fingerprint density at radius 2 is 2.03 bits per heavy atom. The SMILES string of the molecule is C[C@]1(C(=O)NCc2ccccc2)Cn2nc(-c3ccco3)cc2C(=O)N1CCC1=CCCCC1. The summed E-state index contributed by atoms with van der Waals surface area (Å²) in [5, 5.41) is 7.66. The molecule has 1 aromatic carbocycles. The van der Waals surface area contributed by atoms with Gasteiger partial charge in [0, 0.05) is 19.2 Å². The number of aromatic nitrogens is 2. The quantitative estimate of drug-likeness (QED) is 0.526. The number of allylic oxidation sites excluding steroid dienone is 1. The van der Waals surface area contributed by atoms with E-state index >= 15 is 0 Å². The number of rotatable bonds is 7. The molecule has 176 valence electrons. The lowest BCUT2D eigenvalue weighted by atomic mass is 9.92. The van der Waals surface area contributed by atoms with Gasteiger partial charge in [0.1, 0.15) is 16.9 Å². The molecule has 0 radical (unpaired) electrons. The number of nitrogens with zero attached hydrogens (tertiary/aromatic N) is 3.